The van der Waals surface area contributed by atoms with Gasteiger partial charge in [-0.2, -0.15) is 0 Å². The lowest BCUT2D eigenvalue weighted by atomic mass is 9.51. The predicted molar refractivity (Wildman–Crippen MR) is 168 cm³/mol. The Kier molecular flexibility index (Phi) is 6.60. The normalized spacial score (nSPS) is 37.3. The summed E-state index contributed by atoms with van der Waals surface area (Å²) in [5, 5.41) is 19.8. The van der Waals surface area contributed by atoms with E-state index in [-0.39, 0.29) is 25.7 Å². The third-order valence-corrected chi connectivity index (χ3v) is 11.2. The number of fused-ring (bicyclic) bond motifs is 4. The van der Waals surface area contributed by atoms with Crippen LogP contribution < -0.4 is 9.80 Å². The molecule has 6 rings (SSSR count). The van der Waals surface area contributed by atoms with Crippen molar-refractivity contribution in [2.24, 2.45) is 32.5 Å². The van der Waals surface area contributed by atoms with Gasteiger partial charge in [-0.05, 0) is 87.8 Å². The van der Waals surface area contributed by atoms with Crippen molar-refractivity contribution < 1.29 is 39.0 Å². The standard InChI is InChI=1S/C36H40N2O8/c1-31-15-32(2,18-35(5,17-31)29(43)44)26(40)37(25(31)39)23-11-7-21(8-12-23)22-9-13-24(14-10-22)38-27(41)33(3)16-34(4,28(38)42)20-36(6,19-33)30(45)46/h7-14H,15-20H2,1-6H3,(H,43,44)(H,45,46)/t31-,32+,33-,34+,35?,36?. The minimum Gasteiger partial charge on any atom is -0.481 e. The second-order valence-corrected chi connectivity index (χ2v) is 16.0. The van der Waals surface area contributed by atoms with Crippen LogP contribution >= 0.6 is 0 Å². The lowest BCUT2D eigenvalue weighted by molar-refractivity contribution is -0.169. The highest BCUT2D eigenvalue weighted by atomic mass is 16.4. The first-order valence-corrected chi connectivity index (χ1v) is 15.6. The van der Waals surface area contributed by atoms with Crippen molar-refractivity contribution in [2.75, 3.05) is 9.80 Å². The van der Waals surface area contributed by atoms with Gasteiger partial charge in [0.1, 0.15) is 0 Å². The first-order chi connectivity index (χ1) is 21.2. The molecule has 4 bridgehead atoms. The highest BCUT2D eigenvalue weighted by Gasteiger charge is 2.65. The molecule has 2 aliphatic heterocycles. The number of imide groups is 2. The third kappa shape index (κ3) is 4.43. The van der Waals surface area contributed by atoms with Crippen LogP contribution in [0.5, 0.6) is 0 Å². The van der Waals surface area contributed by atoms with E-state index >= 15 is 0 Å². The van der Waals surface area contributed by atoms with Crippen molar-refractivity contribution in [2.45, 2.75) is 80.1 Å². The minimum atomic E-state index is -1.17. The number of carboxylic acids is 2. The van der Waals surface area contributed by atoms with E-state index in [0.29, 0.717) is 24.2 Å². The van der Waals surface area contributed by atoms with Crippen LogP contribution in [-0.2, 0) is 28.8 Å². The zero-order chi connectivity index (χ0) is 33.8. The largest absolute Gasteiger partial charge is 0.481 e. The molecular weight excluding hydrogens is 588 g/mol. The van der Waals surface area contributed by atoms with Crippen molar-refractivity contribution >= 4 is 46.9 Å². The second-order valence-electron chi connectivity index (χ2n) is 16.0. The molecule has 4 amide bonds. The summed E-state index contributed by atoms with van der Waals surface area (Å²) in [6, 6.07) is 13.9. The Morgan fingerprint density at radius 1 is 0.478 bits per heavy atom. The quantitative estimate of drug-likeness (QED) is 0.402. The van der Waals surface area contributed by atoms with Crippen LogP contribution in [0.15, 0.2) is 48.5 Å². The number of rotatable bonds is 5. The van der Waals surface area contributed by atoms with Gasteiger partial charge in [-0.1, -0.05) is 52.0 Å². The molecule has 4 aliphatic rings. The van der Waals surface area contributed by atoms with Crippen LogP contribution in [-0.4, -0.2) is 45.8 Å². The molecular formula is C36H40N2O8. The molecule has 0 radical (unpaired) electrons. The number of hydrogen-bond donors (Lipinski definition) is 2. The van der Waals surface area contributed by atoms with Crippen molar-refractivity contribution in [1.29, 1.82) is 0 Å². The number of hydrogen-bond acceptors (Lipinski definition) is 6. The van der Waals surface area contributed by atoms with Gasteiger partial charge in [0.05, 0.1) is 22.2 Å². The number of aliphatic carboxylic acids is 2. The van der Waals surface area contributed by atoms with Crippen molar-refractivity contribution in [1.82, 2.24) is 0 Å². The van der Waals surface area contributed by atoms with Gasteiger partial charge in [0, 0.05) is 21.7 Å². The molecule has 2 N–H and O–H groups in total. The van der Waals surface area contributed by atoms with Gasteiger partial charge in [-0.3, -0.25) is 28.8 Å². The van der Waals surface area contributed by atoms with Crippen LogP contribution in [0.4, 0.5) is 11.4 Å². The lowest BCUT2D eigenvalue weighted by Gasteiger charge is -2.55. The minimum absolute atomic E-state index is 0.150. The molecule has 4 fully saturated rings. The third-order valence-electron chi connectivity index (χ3n) is 11.2. The Morgan fingerprint density at radius 3 is 0.935 bits per heavy atom. The summed E-state index contributed by atoms with van der Waals surface area (Å²) >= 11 is 0. The maximum absolute atomic E-state index is 13.7. The van der Waals surface area contributed by atoms with Crippen LogP contribution in [0.1, 0.15) is 80.1 Å². The Bertz CT molecular complexity index is 1540. The number of carbonyl (C=O) groups is 6. The van der Waals surface area contributed by atoms with Gasteiger partial charge in [0.25, 0.3) is 0 Å². The fraction of sp³-hybridized carbons (Fsp3) is 0.500. The van der Waals surface area contributed by atoms with E-state index in [1.165, 1.54) is 9.80 Å². The summed E-state index contributed by atoms with van der Waals surface area (Å²) in [4.78, 5) is 81.5. The van der Waals surface area contributed by atoms with E-state index in [2.05, 4.69) is 0 Å². The van der Waals surface area contributed by atoms with Gasteiger partial charge in [0.15, 0.2) is 0 Å². The van der Waals surface area contributed by atoms with Crippen LogP contribution in [0, 0.1) is 32.5 Å². The van der Waals surface area contributed by atoms with Crippen molar-refractivity contribution in [3.05, 3.63) is 48.5 Å². The number of piperidine rings is 2. The smallest absolute Gasteiger partial charge is 0.309 e. The Morgan fingerprint density at radius 2 is 0.717 bits per heavy atom. The average Bonchev–Trinajstić information content (AvgIpc) is 2.95. The molecule has 6 atom stereocenters. The zero-order valence-electron chi connectivity index (χ0n) is 27.1. The number of carbonyl (C=O) groups excluding carboxylic acids is 4. The van der Waals surface area contributed by atoms with E-state index < -0.39 is 68.1 Å². The number of nitrogens with zero attached hydrogens (tertiary/aromatic N) is 2. The number of anilines is 2. The molecule has 2 saturated heterocycles. The Labute approximate surface area is 267 Å². The molecule has 0 aromatic heterocycles. The fourth-order valence-corrected chi connectivity index (χ4v) is 9.79. The zero-order valence-corrected chi connectivity index (χ0v) is 27.1. The van der Waals surface area contributed by atoms with Gasteiger partial charge < -0.3 is 10.2 Å². The molecule has 2 aromatic carbocycles. The molecule has 46 heavy (non-hydrogen) atoms. The average molecular weight is 629 g/mol. The fourth-order valence-electron chi connectivity index (χ4n) is 9.79. The first-order valence-electron chi connectivity index (χ1n) is 15.6. The number of benzene rings is 2. The SMILES string of the molecule is CC1(C(=O)O)C[C@@]2(C)C[C@@](C)(C1)C(=O)N(c1ccc(-c3ccc(N4C(=O)[C@@]5(C)CC(C)(C(=O)O)C[C@](C)(C5)C4=O)cc3)cc1)C2=O. The van der Waals surface area contributed by atoms with E-state index in [1.54, 1.807) is 90.1 Å². The maximum Gasteiger partial charge on any atom is 0.309 e. The summed E-state index contributed by atoms with van der Waals surface area (Å²) in [5.41, 5.74) is -3.93. The van der Waals surface area contributed by atoms with Gasteiger partial charge in [-0.15, -0.1) is 0 Å². The Hall–Kier alpha value is -4.34. The van der Waals surface area contributed by atoms with Crippen LogP contribution in [0.2, 0.25) is 0 Å². The maximum atomic E-state index is 13.7. The first kappa shape index (κ1) is 31.6. The molecule has 2 aliphatic carbocycles. The predicted octanol–water partition coefficient (Wildman–Crippen LogP) is 5.67. The molecule has 242 valence electrons. The second kappa shape index (κ2) is 9.59. The molecule has 2 unspecified atom stereocenters. The summed E-state index contributed by atoms with van der Waals surface area (Å²) in [6.07, 6.45) is 1.21. The van der Waals surface area contributed by atoms with Gasteiger partial charge in [-0.25, -0.2) is 9.80 Å². The van der Waals surface area contributed by atoms with Gasteiger partial charge >= 0.3 is 11.9 Å². The highest BCUT2D eigenvalue weighted by molar-refractivity contribution is 6.22. The molecule has 0 spiro atoms. The van der Waals surface area contributed by atoms with E-state index in [0.717, 1.165) is 11.1 Å². The Balaban J connectivity index is 1.25. The van der Waals surface area contributed by atoms with Crippen molar-refractivity contribution in [3.63, 3.8) is 0 Å². The highest BCUT2D eigenvalue weighted by Crippen LogP contribution is 2.60. The topological polar surface area (TPSA) is 149 Å². The number of carboxylic acid groups (broad SMARTS) is 2. The molecule has 2 aromatic rings. The lowest BCUT2D eigenvalue weighted by Crippen LogP contribution is -2.64. The molecule has 10 heteroatoms. The van der Waals surface area contributed by atoms with Crippen molar-refractivity contribution in [3.8, 4) is 11.1 Å². The molecule has 2 saturated carbocycles. The monoisotopic (exact) mass is 628 g/mol. The van der Waals surface area contributed by atoms with Crippen LogP contribution in [0.3, 0.4) is 0 Å². The molecule has 10 nitrogen and oxygen atoms in total. The van der Waals surface area contributed by atoms with E-state index in [9.17, 15) is 39.0 Å². The van der Waals surface area contributed by atoms with Gasteiger partial charge in [0.2, 0.25) is 23.6 Å². The molecule has 2 heterocycles. The summed E-state index contributed by atoms with van der Waals surface area (Å²) in [5.74, 6) is -3.60. The van der Waals surface area contributed by atoms with Crippen LogP contribution in [0.25, 0.3) is 11.1 Å². The summed E-state index contributed by atoms with van der Waals surface area (Å²) in [7, 11) is 0. The summed E-state index contributed by atoms with van der Waals surface area (Å²) in [6.45, 7) is 10.2. The van der Waals surface area contributed by atoms with E-state index in [4.69, 9.17) is 0 Å². The summed E-state index contributed by atoms with van der Waals surface area (Å²) < 4.78 is 0. The van der Waals surface area contributed by atoms with E-state index in [1.807, 2.05) is 0 Å². The number of amides is 4.